The molecule has 0 aliphatic rings. The van der Waals surface area contributed by atoms with Crippen LogP contribution >= 0.6 is 6.72 Å². The first-order valence-corrected chi connectivity index (χ1v) is 6.64. The van der Waals surface area contributed by atoms with E-state index in [2.05, 4.69) is 0 Å². The quantitative estimate of drug-likeness (QED) is 0.587. The molecule has 1 aromatic rings. The van der Waals surface area contributed by atoms with Crippen molar-refractivity contribution in [2.45, 2.75) is 11.1 Å². The van der Waals surface area contributed by atoms with E-state index < -0.39 is 18.5 Å². The third-order valence-corrected chi connectivity index (χ3v) is 3.47. The van der Waals surface area contributed by atoms with Crippen LogP contribution in [0.25, 0.3) is 0 Å². The van der Waals surface area contributed by atoms with E-state index in [-0.39, 0.29) is 15.8 Å². The normalized spacial score (nSPS) is 12.7. The van der Waals surface area contributed by atoms with Crippen LogP contribution < -0.4 is 4.89 Å². The molecule has 0 fully saturated rings. The Morgan fingerprint density at radius 2 is 1.60 bits per heavy atom. The average molecular weight is 258 g/mol. The van der Waals surface area contributed by atoms with Crippen molar-refractivity contribution in [3.63, 3.8) is 0 Å². The van der Waals surface area contributed by atoms with E-state index in [0.717, 1.165) is 24.3 Å². The van der Waals surface area contributed by atoms with Crippen molar-refractivity contribution >= 4 is 17.7 Å². The van der Waals surface area contributed by atoms with Gasteiger partial charge in [0.05, 0.1) is 5.56 Å². The predicted octanol–water partition coefficient (Wildman–Crippen LogP) is 1.17. The molecular weight excluding hydrogens is 252 g/mol. The number of alkyl halides is 3. The van der Waals surface area contributed by atoms with Crippen LogP contribution in [0.4, 0.5) is 13.2 Å². The van der Waals surface area contributed by atoms with Gasteiger partial charge in [0.1, 0.15) is 0 Å². The molecule has 0 unspecified atom stereocenters. The molecule has 8 heteroatoms. The van der Waals surface area contributed by atoms with Gasteiger partial charge in [-0.25, -0.2) is 0 Å². The van der Waals surface area contributed by atoms with Crippen LogP contribution in [0.5, 0.6) is 0 Å². The van der Waals surface area contributed by atoms with Gasteiger partial charge in [0.15, 0.2) is 0 Å². The van der Waals surface area contributed by atoms with Crippen LogP contribution in [0.2, 0.25) is 0 Å². The summed E-state index contributed by atoms with van der Waals surface area (Å²) in [5.74, 6) is 0. The maximum Gasteiger partial charge on any atom is 0.416 e. The molecule has 0 bridgehead atoms. The Kier molecular flexibility index (Phi) is 3.52. The molecule has 0 aliphatic carbocycles. The third-order valence-electron chi connectivity index (χ3n) is 1.41. The van der Waals surface area contributed by atoms with Gasteiger partial charge in [-0.05, 0) is 12.1 Å². The zero-order chi connectivity index (χ0) is 11.7. The van der Waals surface area contributed by atoms with E-state index >= 15 is 0 Å². The van der Waals surface area contributed by atoms with E-state index in [4.69, 9.17) is 9.79 Å². The fourth-order valence-corrected chi connectivity index (χ4v) is 2.56. The number of benzene rings is 1. The first-order chi connectivity index (χ1) is 6.68. The summed E-state index contributed by atoms with van der Waals surface area (Å²) in [5, 5.41) is 0. The first-order valence-electron chi connectivity index (χ1n) is 3.61. The average Bonchev–Trinajstić information content (AvgIpc) is 2.00. The largest absolute Gasteiger partial charge is 0.742 e. The fourth-order valence-electron chi connectivity index (χ4n) is 0.842. The molecule has 0 spiro atoms. The smallest absolute Gasteiger partial charge is 0.416 e. The Bertz CT molecular complexity index is 387. The van der Waals surface area contributed by atoms with E-state index in [1.165, 1.54) is 0 Å². The topological polar surface area (TPSA) is 63.5 Å². The minimum Gasteiger partial charge on any atom is -0.742 e. The van der Waals surface area contributed by atoms with Crippen LogP contribution in [0.1, 0.15) is 5.56 Å². The van der Waals surface area contributed by atoms with Crippen LogP contribution in [0.15, 0.2) is 29.2 Å². The van der Waals surface area contributed by atoms with Gasteiger partial charge in [0.25, 0.3) is 0 Å². The molecule has 15 heavy (non-hydrogen) atoms. The van der Waals surface area contributed by atoms with Crippen molar-refractivity contribution in [2.75, 3.05) is 0 Å². The number of rotatable bonds is 1. The Hall–Kier alpha value is -0.460. The second kappa shape index (κ2) is 4.19. The minimum atomic E-state index is -4.44. The third kappa shape index (κ3) is 4.27. The molecule has 3 nitrogen and oxygen atoms in total. The Labute approximate surface area is 87.0 Å². The van der Waals surface area contributed by atoms with Crippen molar-refractivity contribution in [2.24, 2.45) is 0 Å². The molecule has 0 saturated heterocycles. The zero-order valence-electron chi connectivity index (χ0n) is 7.10. The van der Waals surface area contributed by atoms with E-state index in [9.17, 15) is 18.1 Å². The molecule has 0 radical (unpaired) electrons. The summed E-state index contributed by atoms with van der Waals surface area (Å²) in [6, 6.07) is 3.59. The highest BCUT2D eigenvalue weighted by molar-refractivity contribution is 8.15. The lowest BCUT2D eigenvalue weighted by Crippen LogP contribution is -2.04. The Morgan fingerprint density at radius 1 is 1.13 bits per heavy atom. The predicted molar refractivity (Wildman–Crippen MR) is 48.4 cm³/mol. The SMILES string of the molecule is [O-]P(O)(O)=[S+]c1ccc(C(F)(F)F)cc1. The number of halogens is 3. The lowest BCUT2D eigenvalue weighted by Gasteiger charge is -2.05. The molecular formula is C7H6F3O3PS. The highest BCUT2D eigenvalue weighted by Gasteiger charge is 2.30. The van der Waals surface area contributed by atoms with Crippen LogP contribution in [0, 0.1) is 0 Å². The summed E-state index contributed by atoms with van der Waals surface area (Å²) < 4.78 is 36.3. The van der Waals surface area contributed by atoms with Crippen LogP contribution in [-0.4, -0.2) is 9.79 Å². The second-order valence-electron chi connectivity index (χ2n) is 2.60. The van der Waals surface area contributed by atoms with Gasteiger partial charge < -0.3 is 14.7 Å². The standard InChI is InChI=1S/C7H6F3O3PS/c8-7(9,10)5-1-3-6(4-2-5)15-14(11,12)13/h1-4H,(H2-,11,12,13). The van der Waals surface area contributed by atoms with Crippen LogP contribution in [0.3, 0.4) is 0 Å². The van der Waals surface area contributed by atoms with Gasteiger partial charge in [-0.3, -0.25) is 0 Å². The summed E-state index contributed by atoms with van der Waals surface area (Å²) >= 11 is 0. The molecule has 0 amide bonds. The zero-order valence-corrected chi connectivity index (χ0v) is 8.81. The molecule has 2 N–H and O–H groups in total. The maximum atomic E-state index is 12.1. The van der Waals surface area contributed by atoms with Gasteiger partial charge in [0, 0.05) is 12.1 Å². The molecule has 0 aromatic heterocycles. The van der Waals surface area contributed by atoms with E-state index in [1.54, 1.807) is 0 Å². The van der Waals surface area contributed by atoms with Gasteiger partial charge in [0.2, 0.25) is 15.8 Å². The molecule has 1 aromatic carbocycles. The molecule has 0 aliphatic heterocycles. The highest BCUT2D eigenvalue weighted by atomic mass is 32.5. The van der Waals surface area contributed by atoms with Gasteiger partial charge >= 0.3 is 12.9 Å². The summed E-state index contributed by atoms with van der Waals surface area (Å²) in [7, 11) is 0.219. The first kappa shape index (κ1) is 12.6. The van der Waals surface area contributed by atoms with Crippen molar-refractivity contribution in [1.82, 2.24) is 0 Å². The van der Waals surface area contributed by atoms with Gasteiger partial charge in [-0.15, -0.1) is 0 Å². The van der Waals surface area contributed by atoms with Crippen molar-refractivity contribution in [3.05, 3.63) is 29.8 Å². The molecule has 0 heterocycles. The molecule has 84 valence electrons. The van der Waals surface area contributed by atoms with Gasteiger partial charge in [-0.2, -0.15) is 13.2 Å². The highest BCUT2D eigenvalue weighted by Crippen LogP contribution is 2.31. The Balaban J connectivity index is 3.02. The fraction of sp³-hybridized carbons (Fsp3) is 0.143. The van der Waals surface area contributed by atoms with E-state index in [0.29, 0.717) is 0 Å². The van der Waals surface area contributed by atoms with Crippen molar-refractivity contribution < 1.29 is 27.9 Å². The Morgan fingerprint density at radius 3 is 1.93 bits per heavy atom. The second-order valence-corrected chi connectivity index (χ2v) is 6.21. The molecule has 0 atom stereocenters. The number of hydrogen-bond donors (Lipinski definition) is 2. The van der Waals surface area contributed by atoms with Gasteiger partial charge in [-0.1, -0.05) is 0 Å². The lowest BCUT2D eigenvalue weighted by atomic mass is 10.2. The summed E-state index contributed by atoms with van der Waals surface area (Å²) in [6.07, 6.45) is -4.44. The molecule has 0 saturated carbocycles. The monoisotopic (exact) mass is 258 g/mol. The summed E-state index contributed by atoms with van der Waals surface area (Å²) in [4.78, 5) is 27.7. The summed E-state index contributed by atoms with van der Waals surface area (Å²) in [6.45, 7) is -4.31. The van der Waals surface area contributed by atoms with E-state index in [1.807, 2.05) is 0 Å². The summed E-state index contributed by atoms with van der Waals surface area (Å²) in [5.41, 5.74) is -0.849. The maximum absolute atomic E-state index is 12.1. The van der Waals surface area contributed by atoms with Crippen molar-refractivity contribution in [1.29, 1.82) is 0 Å². The number of hydrogen-bond acceptors (Lipinski definition) is 1. The lowest BCUT2D eigenvalue weighted by molar-refractivity contribution is -0.196. The van der Waals surface area contributed by atoms with Crippen molar-refractivity contribution in [3.8, 4) is 0 Å². The van der Waals surface area contributed by atoms with Crippen LogP contribution in [-0.2, 0) is 17.1 Å². The molecule has 1 rings (SSSR count). The minimum absolute atomic E-state index is 0.0938.